The van der Waals surface area contributed by atoms with E-state index < -0.39 is 11.9 Å². The van der Waals surface area contributed by atoms with Gasteiger partial charge in [-0.1, -0.05) is 23.2 Å². The van der Waals surface area contributed by atoms with Crippen LogP contribution in [0.2, 0.25) is 10.0 Å². The molecule has 0 aliphatic rings. The van der Waals surface area contributed by atoms with E-state index in [-0.39, 0.29) is 38.4 Å². The molecule has 0 heterocycles. The molecule has 8 heteroatoms. The molecule has 0 unspecified atom stereocenters. The van der Waals surface area contributed by atoms with Crippen molar-refractivity contribution in [3.05, 3.63) is 51.5 Å². The normalized spacial score (nSPS) is 10.2. The average Bonchev–Trinajstić information content (AvgIpc) is 2.50. The first-order valence-electron chi connectivity index (χ1n) is 6.15. The number of carbonyl (C=O) groups excluding carboxylic acids is 1. The number of rotatable bonds is 4. The fourth-order valence-electron chi connectivity index (χ4n) is 1.80. The van der Waals surface area contributed by atoms with Gasteiger partial charge in [0, 0.05) is 6.07 Å². The second-order valence-corrected chi connectivity index (χ2v) is 5.11. The fraction of sp³-hybridized carbons (Fsp3) is 0.0667. The number of aromatic carboxylic acids is 1. The summed E-state index contributed by atoms with van der Waals surface area (Å²) < 4.78 is 10.1. The van der Waals surface area contributed by atoms with Gasteiger partial charge in [-0.15, -0.1) is 0 Å². The van der Waals surface area contributed by atoms with Gasteiger partial charge in [0.2, 0.25) is 0 Å². The van der Waals surface area contributed by atoms with Crippen LogP contribution in [0.1, 0.15) is 20.7 Å². The first-order valence-corrected chi connectivity index (χ1v) is 6.91. The molecule has 0 saturated carbocycles. The smallest absolute Gasteiger partial charge is 0.343 e. The lowest BCUT2D eigenvalue weighted by Crippen LogP contribution is -2.10. The number of methoxy groups -OCH3 is 1. The van der Waals surface area contributed by atoms with Crippen LogP contribution in [0.4, 0.5) is 0 Å². The molecule has 120 valence electrons. The number of carbonyl (C=O) groups is 2. The van der Waals surface area contributed by atoms with Gasteiger partial charge in [-0.2, -0.15) is 0 Å². The summed E-state index contributed by atoms with van der Waals surface area (Å²) in [6, 6.07) is 6.47. The number of phenols is 1. The Kier molecular flexibility index (Phi) is 4.98. The SMILES string of the molecule is COc1c(Cl)c(OC(=O)c2ccc(O)cc2)cc(Cl)c1C(=O)O. The van der Waals surface area contributed by atoms with Gasteiger partial charge in [0.05, 0.1) is 17.7 Å². The second-order valence-electron chi connectivity index (χ2n) is 4.32. The first-order chi connectivity index (χ1) is 10.8. The molecule has 2 N–H and O–H groups in total. The molecular weight excluding hydrogens is 347 g/mol. The third-order valence-corrected chi connectivity index (χ3v) is 3.52. The standard InChI is InChI=1S/C15H10Cl2O6/c1-22-13-11(14(19)20)9(16)6-10(12(13)17)23-15(21)7-2-4-8(18)5-3-7/h2-6,18H,1H3,(H,19,20). The molecule has 0 radical (unpaired) electrons. The van der Waals surface area contributed by atoms with Crippen LogP contribution >= 0.6 is 23.2 Å². The fourth-order valence-corrected chi connectivity index (χ4v) is 2.33. The molecular formula is C15H10Cl2O6. The molecule has 0 saturated heterocycles. The molecule has 2 aromatic rings. The van der Waals surface area contributed by atoms with Crippen molar-refractivity contribution in [1.82, 2.24) is 0 Å². The van der Waals surface area contributed by atoms with Crippen LogP contribution in [0.5, 0.6) is 17.2 Å². The average molecular weight is 357 g/mol. The number of benzene rings is 2. The van der Waals surface area contributed by atoms with Crippen molar-refractivity contribution in [3.8, 4) is 17.2 Å². The lowest BCUT2D eigenvalue weighted by molar-refractivity contribution is 0.0693. The van der Waals surface area contributed by atoms with Gasteiger partial charge in [0.1, 0.15) is 16.3 Å². The van der Waals surface area contributed by atoms with Crippen LogP contribution in [0, 0.1) is 0 Å². The van der Waals surface area contributed by atoms with E-state index in [1.807, 2.05) is 0 Å². The van der Waals surface area contributed by atoms with E-state index in [1.54, 1.807) is 0 Å². The monoisotopic (exact) mass is 356 g/mol. The van der Waals surface area contributed by atoms with Crippen molar-refractivity contribution < 1.29 is 29.3 Å². The maximum atomic E-state index is 12.0. The van der Waals surface area contributed by atoms with E-state index in [0.29, 0.717) is 0 Å². The van der Waals surface area contributed by atoms with E-state index in [2.05, 4.69) is 0 Å². The number of halogens is 2. The van der Waals surface area contributed by atoms with Crippen LogP contribution in [-0.4, -0.2) is 29.3 Å². The second kappa shape index (κ2) is 6.76. The Hall–Kier alpha value is -2.44. The number of ether oxygens (including phenoxy) is 2. The summed E-state index contributed by atoms with van der Waals surface area (Å²) in [5.74, 6) is -2.44. The van der Waals surface area contributed by atoms with Crippen LogP contribution < -0.4 is 9.47 Å². The lowest BCUT2D eigenvalue weighted by Gasteiger charge is -2.13. The van der Waals surface area contributed by atoms with Crippen molar-refractivity contribution in [2.75, 3.05) is 7.11 Å². The highest BCUT2D eigenvalue weighted by Crippen LogP contribution is 2.41. The van der Waals surface area contributed by atoms with Gasteiger partial charge in [-0.25, -0.2) is 9.59 Å². The van der Waals surface area contributed by atoms with E-state index in [0.717, 1.165) is 6.07 Å². The van der Waals surface area contributed by atoms with Gasteiger partial charge in [-0.3, -0.25) is 0 Å². The largest absolute Gasteiger partial charge is 0.508 e. The molecule has 0 fully saturated rings. The van der Waals surface area contributed by atoms with Crippen molar-refractivity contribution in [2.45, 2.75) is 0 Å². The Balaban J connectivity index is 2.40. The lowest BCUT2D eigenvalue weighted by atomic mass is 10.2. The Morgan fingerprint density at radius 2 is 1.74 bits per heavy atom. The topological polar surface area (TPSA) is 93.1 Å². The van der Waals surface area contributed by atoms with Crippen LogP contribution in [-0.2, 0) is 0 Å². The highest BCUT2D eigenvalue weighted by molar-refractivity contribution is 6.38. The van der Waals surface area contributed by atoms with Crippen molar-refractivity contribution in [1.29, 1.82) is 0 Å². The predicted octanol–water partition coefficient (Wildman–Crippen LogP) is 3.63. The summed E-state index contributed by atoms with van der Waals surface area (Å²) in [4.78, 5) is 23.2. The maximum Gasteiger partial charge on any atom is 0.343 e. The van der Waals surface area contributed by atoms with Crippen LogP contribution in [0.25, 0.3) is 0 Å². The molecule has 0 aromatic heterocycles. The zero-order valence-electron chi connectivity index (χ0n) is 11.7. The molecule has 0 bridgehead atoms. The van der Waals surface area contributed by atoms with Crippen LogP contribution in [0.15, 0.2) is 30.3 Å². The van der Waals surface area contributed by atoms with E-state index >= 15 is 0 Å². The minimum absolute atomic E-state index is 0.00453. The number of hydrogen-bond acceptors (Lipinski definition) is 5. The molecule has 2 rings (SSSR count). The quantitative estimate of drug-likeness (QED) is 0.641. The molecule has 0 aliphatic heterocycles. The Labute approximate surface area is 140 Å². The van der Waals surface area contributed by atoms with Gasteiger partial charge >= 0.3 is 11.9 Å². The van der Waals surface area contributed by atoms with Gasteiger partial charge < -0.3 is 19.7 Å². The first kappa shape index (κ1) is 16.9. The van der Waals surface area contributed by atoms with Crippen LogP contribution in [0.3, 0.4) is 0 Å². The molecule has 0 spiro atoms. The number of hydrogen-bond donors (Lipinski definition) is 2. The molecule has 23 heavy (non-hydrogen) atoms. The molecule has 0 atom stereocenters. The van der Waals surface area contributed by atoms with Gasteiger partial charge in [-0.05, 0) is 24.3 Å². The number of carboxylic acids is 1. The Morgan fingerprint density at radius 1 is 1.13 bits per heavy atom. The predicted molar refractivity (Wildman–Crippen MR) is 83.0 cm³/mol. The van der Waals surface area contributed by atoms with E-state index in [4.69, 9.17) is 37.8 Å². The minimum Gasteiger partial charge on any atom is -0.508 e. The third-order valence-electron chi connectivity index (χ3n) is 2.86. The van der Waals surface area contributed by atoms with E-state index in [1.165, 1.54) is 31.4 Å². The number of esters is 1. The van der Waals surface area contributed by atoms with E-state index in [9.17, 15) is 14.7 Å². The number of aromatic hydroxyl groups is 1. The molecule has 2 aromatic carbocycles. The zero-order valence-corrected chi connectivity index (χ0v) is 13.2. The zero-order chi connectivity index (χ0) is 17.1. The molecule has 0 aliphatic carbocycles. The summed E-state index contributed by atoms with van der Waals surface area (Å²) in [6.07, 6.45) is 0. The summed E-state index contributed by atoms with van der Waals surface area (Å²) >= 11 is 11.9. The van der Waals surface area contributed by atoms with Crippen molar-refractivity contribution in [2.24, 2.45) is 0 Å². The summed E-state index contributed by atoms with van der Waals surface area (Å²) in [5.41, 5.74) is -0.167. The minimum atomic E-state index is -1.33. The molecule has 0 amide bonds. The number of carboxylic acid groups (broad SMARTS) is 1. The van der Waals surface area contributed by atoms with Crippen molar-refractivity contribution >= 4 is 35.1 Å². The van der Waals surface area contributed by atoms with Gasteiger partial charge in [0.25, 0.3) is 0 Å². The highest BCUT2D eigenvalue weighted by atomic mass is 35.5. The Bertz CT molecular complexity index is 771. The molecule has 6 nitrogen and oxygen atoms in total. The highest BCUT2D eigenvalue weighted by Gasteiger charge is 2.24. The summed E-state index contributed by atoms with van der Waals surface area (Å²) in [6.45, 7) is 0. The summed E-state index contributed by atoms with van der Waals surface area (Å²) in [7, 11) is 1.22. The Morgan fingerprint density at radius 3 is 2.26 bits per heavy atom. The summed E-state index contributed by atoms with van der Waals surface area (Å²) in [5, 5.41) is 17.9. The maximum absolute atomic E-state index is 12.0. The van der Waals surface area contributed by atoms with Gasteiger partial charge in [0.15, 0.2) is 11.5 Å². The van der Waals surface area contributed by atoms with Crippen molar-refractivity contribution in [3.63, 3.8) is 0 Å². The third kappa shape index (κ3) is 3.49. The number of phenolic OH excluding ortho intramolecular Hbond substituents is 1.